The molecular formula is C12H15BrN2O4. The number of hydrogen-bond donors (Lipinski definition) is 1. The number of para-hydroxylation sites is 1. The molecule has 1 unspecified atom stereocenters. The van der Waals surface area contributed by atoms with E-state index in [2.05, 4.69) is 21.2 Å². The van der Waals surface area contributed by atoms with E-state index in [0.29, 0.717) is 11.4 Å². The Hall–Kier alpha value is -1.63. The van der Waals surface area contributed by atoms with Gasteiger partial charge >= 0.3 is 5.69 Å². The van der Waals surface area contributed by atoms with Crippen molar-refractivity contribution in [1.82, 2.24) is 5.32 Å². The number of nitro benzene ring substituents is 1. The first-order valence-corrected chi connectivity index (χ1v) is 6.62. The summed E-state index contributed by atoms with van der Waals surface area (Å²) < 4.78 is 4.97. The van der Waals surface area contributed by atoms with E-state index < -0.39 is 4.92 Å². The predicted molar refractivity (Wildman–Crippen MR) is 75.0 cm³/mol. The molecule has 1 aromatic carbocycles. The summed E-state index contributed by atoms with van der Waals surface area (Å²) in [5, 5.41) is 13.5. The van der Waals surface area contributed by atoms with E-state index in [9.17, 15) is 14.9 Å². The third-order valence-electron chi connectivity index (χ3n) is 2.47. The van der Waals surface area contributed by atoms with Gasteiger partial charge in [-0.3, -0.25) is 14.9 Å². The Morgan fingerprint density at radius 2 is 2.26 bits per heavy atom. The molecule has 0 aliphatic heterocycles. The molecule has 0 spiro atoms. The van der Waals surface area contributed by atoms with Crippen LogP contribution in [0.3, 0.4) is 0 Å². The molecular weight excluding hydrogens is 316 g/mol. The fourth-order valence-corrected chi connectivity index (χ4v) is 1.77. The lowest BCUT2D eigenvalue weighted by Crippen LogP contribution is -2.26. The summed E-state index contributed by atoms with van der Waals surface area (Å²) in [6.45, 7) is 2.46. The lowest BCUT2D eigenvalue weighted by Gasteiger charge is -2.10. The summed E-state index contributed by atoms with van der Waals surface area (Å²) in [5.41, 5.74) is -0.0528. The topological polar surface area (TPSA) is 81.5 Å². The summed E-state index contributed by atoms with van der Waals surface area (Å²) in [7, 11) is 1.31. The lowest BCUT2D eigenvalue weighted by atomic mass is 10.1. The van der Waals surface area contributed by atoms with Gasteiger partial charge in [-0.1, -0.05) is 28.9 Å². The Morgan fingerprint density at radius 1 is 1.58 bits per heavy atom. The normalized spacial score (nSPS) is 11.7. The monoisotopic (exact) mass is 330 g/mol. The Kier molecular flexibility index (Phi) is 5.75. The van der Waals surface area contributed by atoms with E-state index in [1.807, 2.05) is 6.92 Å². The summed E-state index contributed by atoms with van der Waals surface area (Å²) >= 11 is 3.37. The molecule has 104 valence electrons. The number of amides is 1. The summed E-state index contributed by atoms with van der Waals surface area (Å²) in [5.74, 6) is -0.398. The van der Waals surface area contributed by atoms with Crippen molar-refractivity contribution in [3.05, 3.63) is 33.9 Å². The van der Waals surface area contributed by atoms with E-state index in [1.165, 1.54) is 25.3 Å². The Morgan fingerprint density at radius 3 is 2.79 bits per heavy atom. The maximum atomic E-state index is 12.0. The minimum absolute atomic E-state index is 0.0168. The third kappa shape index (κ3) is 4.20. The zero-order chi connectivity index (χ0) is 14.4. The second-order valence-electron chi connectivity index (χ2n) is 3.94. The van der Waals surface area contributed by atoms with Gasteiger partial charge in [0.05, 0.1) is 17.6 Å². The van der Waals surface area contributed by atoms with Crippen LogP contribution in [0.25, 0.3) is 0 Å². The summed E-state index contributed by atoms with van der Waals surface area (Å²) in [6.07, 6.45) is 0.767. The molecule has 0 bridgehead atoms. The van der Waals surface area contributed by atoms with Crippen LogP contribution in [0, 0.1) is 10.1 Å². The van der Waals surface area contributed by atoms with Crippen molar-refractivity contribution in [1.29, 1.82) is 0 Å². The molecule has 0 fully saturated rings. The van der Waals surface area contributed by atoms with Gasteiger partial charge in [0.2, 0.25) is 5.75 Å². The molecule has 1 N–H and O–H groups in total. The van der Waals surface area contributed by atoms with E-state index in [1.54, 1.807) is 0 Å². The lowest BCUT2D eigenvalue weighted by molar-refractivity contribution is -0.385. The molecule has 19 heavy (non-hydrogen) atoms. The molecule has 0 radical (unpaired) electrons. The molecule has 0 aliphatic carbocycles. The quantitative estimate of drug-likeness (QED) is 0.493. The number of halogens is 1. The van der Waals surface area contributed by atoms with Crippen LogP contribution in [0.1, 0.15) is 23.7 Å². The largest absolute Gasteiger partial charge is 0.490 e. The molecule has 0 heterocycles. The fourth-order valence-electron chi connectivity index (χ4n) is 1.54. The zero-order valence-corrected chi connectivity index (χ0v) is 12.3. The molecule has 0 aromatic heterocycles. The first kappa shape index (κ1) is 15.4. The highest BCUT2D eigenvalue weighted by molar-refractivity contribution is 9.09. The van der Waals surface area contributed by atoms with Crippen molar-refractivity contribution in [2.24, 2.45) is 0 Å². The molecule has 0 saturated carbocycles. The van der Waals surface area contributed by atoms with Gasteiger partial charge < -0.3 is 10.1 Å². The second-order valence-corrected chi connectivity index (χ2v) is 5.50. The molecule has 1 aromatic rings. The average Bonchev–Trinajstić information content (AvgIpc) is 2.36. The maximum absolute atomic E-state index is 12.0. The molecule has 0 saturated heterocycles. The molecule has 1 amide bonds. The molecule has 7 heteroatoms. The Balaban J connectivity index is 2.90. The predicted octanol–water partition coefficient (Wildman–Crippen LogP) is 2.51. The van der Waals surface area contributed by atoms with Gasteiger partial charge in [0.25, 0.3) is 5.91 Å². The number of nitrogens with one attached hydrogen (secondary N) is 1. The maximum Gasteiger partial charge on any atom is 0.311 e. The van der Waals surface area contributed by atoms with Crippen molar-refractivity contribution in [3.8, 4) is 5.75 Å². The minimum Gasteiger partial charge on any atom is -0.490 e. The van der Waals surface area contributed by atoms with E-state index >= 15 is 0 Å². The number of carbonyl (C=O) groups excluding carboxylic acids is 1. The molecule has 1 rings (SSSR count). The smallest absolute Gasteiger partial charge is 0.311 e. The zero-order valence-electron chi connectivity index (χ0n) is 10.7. The van der Waals surface area contributed by atoms with Gasteiger partial charge in [-0.15, -0.1) is 0 Å². The first-order chi connectivity index (χ1) is 8.97. The average molecular weight is 331 g/mol. The number of carbonyl (C=O) groups is 1. The number of rotatable bonds is 6. The summed E-state index contributed by atoms with van der Waals surface area (Å²) in [6, 6.07) is 4.26. The van der Waals surface area contributed by atoms with Crippen LogP contribution in [0.4, 0.5) is 5.69 Å². The van der Waals surface area contributed by atoms with E-state index in [0.717, 1.165) is 6.42 Å². The van der Waals surface area contributed by atoms with Gasteiger partial charge in [0.15, 0.2) is 0 Å². The van der Waals surface area contributed by atoms with Crippen molar-refractivity contribution in [2.75, 3.05) is 13.7 Å². The van der Waals surface area contributed by atoms with Crippen LogP contribution < -0.4 is 10.1 Å². The van der Waals surface area contributed by atoms with Gasteiger partial charge in [-0.05, 0) is 12.5 Å². The highest BCUT2D eigenvalue weighted by Crippen LogP contribution is 2.30. The van der Waals surface area contributed by atoms with Crippen LogP contribution in [0.5, 0.6) is 5.75 Å². The first-order valence-electron chi connectivity index (χ1n) is 5.71. The molecule has 6 nitrogen and oxygen atoms in total. The SMILES string of the molecule is COc1c(C(=O)NCCC(C)Br)cccc1[N+](=O)[O-]. The highest BCUT2D eigenvalue weighted by Gasteiger charge is 2.22. The van der Waals surface area contributed by atoms with Crippen molar-refractivity contribution >= 4 is 27.5 Å². The number of methoxy groups -OCH3 is 1. The number of benzene rings is 1. The number of alkyl halides is 1. The minimum atomic E-state index is -0.573. The van der Waals surface area contributed by atoms with E-state index in [-0.39, 0.29) is 22.9 Å². The number of ether oxygens (including phenoxy) is 1. The van der Waals surface area contributed by atoms with Gasteiger partial charge in [-0.2, -0.15) is 0 Å². The Bertz CT molecular complexity index is 477. The van der Waals surface area contributed by atoms with Crippen LogP contribution in [-0.4, -0.2) is 29.3 Å². The number of nitrogens with zero attached hydrogens (tertiary/aromatic N) is 1. The highest BCUT2D eigenvalue weighted by atomic mass is 79.9. The van der Waals surface area contributed by atoms with E-state index in [4.69, 9.17) is 4.74 Å². The number of hydrogen-bond acceptors (Lipinski definition) is 4. The fraction of sp³-hybridized carbons (Fsp3) is 0.417. The van der Waals surface area contributed by atoms with Gasteiger partial charge in [0, 0.05) is 17.4 Å². The number of nitro groups is 1. The van der Waals surface area contributed by atoms with Crippen molar-refractivity contribution in [2.45, 2.75) is 18.2 Å². The standard InChI is InChI=1S/C12H15BrN2O4/c1-8(13)6-7-14-12(16)9-4-3-5-10(15(17)18)11(9)19-2/h3-5,8H,6-7H2,1-2H3,(H,14,16). The Labute approximate surface area is 119 Å². The van der Waals surface area contributed by atoms with Gasteiger partial charge in [-0.25, -0.2) is 0 Å². The van der Waals surface area contributed by atoms with Crippen molar-refractivity contribution < 1.29 is 14.5 Å². The third-order valence-corrected chi connectivity index (χ3v) is 2.93. The van der Waals surface area contributed by atoms with Crippen LogP contribution >= 0.6 is 15.9 Å². The molecule has 1 atom stereocenters. The molecule has 0 aliphatic rings. The van der Waals surface area contributed by atoms with Crippen molar-refractivity contribution in [3.63, 3.8) is 0 Å². The van der Waals surface area contributed by atoms with Gasteiger partial charge in [0.1, 0.15) is 0 Å². The van der Waals surface area contributed by atoms with Crippen LogP contribution in [0.2, 0.25) is 0 Å². The second kappa shape index (κ2) is 7.08. The summed E-state index contributed by atoms with van der Waals surface area (Å²) in [4.78, 5) is 22.5. The van der Waals surface area contributed by atoms with Crippen LogP contribution in [-0.2, 0) is 0 Å². The van der Waals surface area contributed by atoms with Crippen LogP contribution in [0.15, 0.2) is 18.2 Å².